The fourth-order valence-corrected chi connectivity index (χ4v) is 5.00. The van der Waals surface area contributed by atoms with E-state index in [1.165, 1.54) is 0 Å². The van der Waals surface area contributed by atoms with Gasteiger partial charge in [0.1, 0.15) is 22.6 Å². The molecule has 0 aromatic rings. The van der Waals surface area contributed by atoms with Crippen LogP contribution in [0.5, 0.6) is 0 Å². The molecule has 0 spiro atoms. The van der Waals surface area contributed by atoms with Crippen molar-refractivity contribution in [3.63, 3.8) is 0 Å². The van der Waals surface area contributed by atoms with E-state index in [2.05, 4.69) is 25.7 Å². The van der Waals surface area contributed by atoms with Gasteiger partial charge in [0, 0.05) is 11.8 Å². The molecule has 3 aliphatic rings. The van der Waals surface area contributed by atoms with Crippen molar-refractivity contribution in [3.05, 3.63) is 24.5 Å². The molecule has 0 aromatic carbocycles. The Balaban J connectivity index is 2.03. The lowest BCUT2D eigenvalue weighted by atomic mass is 9.55. The van der Waals surface area contributed by atoms with Crippen molar-refractivity contribution in [1.82, 2.24) is 0 Å². The van der Waals surface area contributed by atoms with Gasteiger partial charge in [-0.25, -0.2) is 0 Å². The van der Waals surface area contributed by atoms with Crippen LogP contribution < -0.4 is 0 Å². The minimum absolute atomic E-state index is 0.131. The van der Waals surface area contributed by atoms with Crippen LogP contribution in [0.4, 0.5) is 0 Å². The Hall–Kier alpha value is -1.09. The van der Waals surface area contributed by atoms with Crippen molar-refractivity contribution in [2.75, 3.05) is 0 Å². The molecule has 1 heterocycles. The highest BCUT2D eigenvalue weighted by Crippen LogP contribution is 2.68. The lowest BCUT2D eigenvalue weighted by Gasteiger charge is -2.61. The second kappa shape index (κ2) is 4.45. The molecule has 116 valence electrons. The molecule has 0 unspecified atom stereocenters. The van der Waals surface area contributed by atoms with E-state index in [-0.39, 0.29) is 17.1 Å². The highest BCUT2D eigenvalue weighted by molar-refractivity contribution is 5.88. The van der Waals surface area contributed by atoms with Crippen molar-refractivity contribution in [2.24, 2.45) is 16.7 Å². The maximum atomic E-state index is 12.5. The van der Waals surface area contributed by atoms with Gasteiger partial charge in [0.25, 0.3) is 0 Å². The molecule has 0 aromatic heterocycles. The highest BCUT2D eigenvalue weighted by atomic mass is 16.5. The summed E-state index contributed by atoms with van der Waals surface area (Å²) >= 11 is 0. The number of aliphatic hydroxyl groups excluding tert-OH is 1. The van der Waals surface area contributed by atoms with Gasteiger partial charge < -0.3 is 9.84 Å². The van der Waals surface area contributed by atoms with Crippen molar-refractivity contribution < 1.29 is 14.6 Å². The van der Waals surface area contributed by atoms with Gasteiger partial charge in [-0.2, -0.15) is 0 Å². The number of ketones is 1. The van der Waals surface area contributed by atoms with E-state index in [4.69, 9.17) is 4.74 Å². The van der Waals surface area contributed by atoms with Crippen molar-refractivity contribution in [2.45, 2.75) is 64.6 Å². The number of carbonyl (C=O) groups excluding carboxylic acids is 1. The number of hydrogen-bond donors (Lipinski definition) is 1. The quantitative estimate of drug-likeness (QED) is 0.811. The molecule has 21 heavy (non-hydrogen) atoms. The number of fused-ring (bicyclic) bond motifs is 1. The second-order valence-electron chi connectivity index (χ2n) is 7.41. The number of aliphatic hydroxyl groups is 1. The molecule has 2 aliphatic carbocycles. The zero-order valence-electron chi connectivity index (χ0n) is 13.3. The summed E-state index contributed by atoms with van der Waals surface area (Å²) in [5.74, 6) is 0.678. The minimum Gasteiger partial charge on any atom is -0.490 e. The first-order valence-electron chi connectivity index (χ1n) is 8.09. The number of rotatable bonds is 3. The van der Waals surface area contributed by atoms with E-state index in [1.807, 2.05) is 13.8 Å². The number of carbonyl (C=O) groups is 1. The molecular weight excluding hydrogens is 264 g/mol. The zero-order valence-corrected chi connectivity index (χ0v) is 13.3. The zero-order chi connectivity index (χ0) is 15.5. The van der Waals surface area contributed by atoms with Gasteiger partial charge in [-0.1, -0.05) is 32.6 Å². The topological polar surface area (TPSA) is 46.5 Å². The smallest absolute Gasteiger partial charge is 0.141 e. The average Bonchev–Trinajstić information content (AvgIpc) is 2.62. The standard InChI is InChI=1S/C18H26O3/c1-5-13-14(19)11-18(12(2)21-17(13,18)4)15(20)16(3)9-7-6-8-10-16/h7,9,13,15,20H,2,5-6,8,10-11H2,1,3-4H3/t13-,15-,16+,17-,18-/m0/s1. The first kappa shape index (κ1) is 14.8. The summed E-state index contributed by atoms with van der Waals surface area (Å²) in [7, 11) is 0. The predicted octanol–water partition coefficient (Wildman–Crippen LogP) is 3.38. The molecule has 1 N–H and O–H groups in total. The van der Waals surface area contributed by atoms with Gasteiger partial charge >= 0.3 is 0 Å². The van der Waals surface area contributed by atoms with E-state index in [0.717, 1.165) is 25.7 Å². The third-order valence-electron chi connectivity index (χ3n) is 6.31. The Labute approximate surface area is 127 Å². The normalized spacial score (nSPS) is 46.8. The summed E-state index contributed by atoms with van der Waals surface area (Å²) in [5.41, 5.74) is -1.50. The van der Waals surface area contributed by atoms with Gasteiger partial charge in [0.15, 0.2) is 0 Å². The summed E-state index contributed by atoms with van der Waals surface area (Å²) in [4.78, 5) is 12.5. The molecule has 1 saturated carbocycles. The van der Waals surface area contributed by atoms with Crippen molar-refractivity contribution >= 4 is 5.78 Å². The van der Waals surface area contributed by atoms with Gasteiger partial charge in [-0.05, 0) is 32.6 Å². The Bertz CT molecular complexity index is 523. The van der Waals surface area contributed by atoms with Crippen LogP contribution in [-0.2, 0) is 9.53 Å². The third kappa shape index (κ3) is 1.61. The van der Waals surface area contributed by atoms with Crippen LogP contribution in [-0.4, -0.2) is 22.6 Å². The SMILES string of the molecule is C=C1O[C@@]2(C)[C@@H](CC)C(=O)C[C@@]12[C@@H](O)[C@]1(C)C=CCCC1. The molecule has 1 aliphatic heterocycles. The van der Waals surface area contributed by atoms with Gasteiger partial charge in [0.2, 0.25) is 0 Å². The Morgan fingerprint density at radius 2 is 2.24 bits per heavy atom. The fraction of sp³-hybridized carbons (Fsp3) is 0.722. The second-order valence-corrected chi connectivity index (χ2v) is 7.41. The Kier molecular flexibility index (Phi) is 3.14. The van der Waals surface area contributed by atoms with Crippen molar-refractivity contribution in [1.29, 1.82) is 0 Å². The Morgan fingerprint density at radius 1 is 1.52 bits per heavy atom. The molecule has 3 rings (SSSR count). The summed E-state index contributed by atoms with van der Waals surface area (Å²) in [6.45, 7) is 10.1. The van der Waals surface area contributed by atoms with Crippen molar-refractivity contribution in [3.8, 4) is 0 Å². The van der Waals surface area contributed by atoms with E-state index in [9.17, 15) is 9.90 Å². The van der Waals surface area contributed by atoms with E-state index >= 15 is 0 Å². The van der Waals surface area contributed by atoms with E-state index < -0.39 is 17.1 Å². The monoisotopic (exact) mass is 290 g/mol. The lowest BCUT2D eigenvalue weighted by molar-refractivity contribution is -0.252. The first-order valence-corrected chi connectivity index (χ1v) is 8.09. The molecule has 2 fully saturated rings. The molecule has 1 saturated heterocycles. The minimum atomic E-state index is -0.617. The predicted molar refractivity (Wildman–Crippen MR) is 81.6 cm³/mol. The highest BCUT2D eigenvalue weighted by Gasteiger charge is 2.76. The molecular formula is C18H26O3. The summed E-state index contributed by atoms with van der Waals surface area (Å²) in [6.07, 6.45) is 7.88. The molecule has 0 radical (unpaired) electrons. The summed E-state index contributed by atoms with van der Waals surface area (Å²) in [5, 5.41) is 11.2. The van der Waals surface area contributed by atoms with Crippen LogP contribution in [0.2, 0.25) is 0 Å². The van der Waals surface area contributed by atoms with Gasteiger partial charge in [0.05, 0.1) is 12.0 Å². The van der Waals surface area contributed by atoms with Crippen LogP contribution in [0.15, 0.2) is 24.5 Å². The molecule has 0 bridgehead atoms. The first-order chi connectivity index (χ1) is 9.82. The third-order valence-corrected chi connectivity index (χ3v) is 6.31. The summed E-state index contributed by atoms with van der Waals surface area (Å²) < 4.78 is 5.89. The van der Waals surface area contributed by atoms with Crippen LogP contribution in [0.1, 0.15) is 52.9 Å². The number of Topliss-reactive ketones (excluding diaryl/α,β-unsaturated/α-hetero) is 1. The number of ether oxygens (including phenoxy) is 1. The molecule has 3 nitrogen and oxygen atoms in total. The number of hydrogen-bond acceptors (Lipinski definition) is 3. The largest absolute Gasteiger partial charge is 0.490 e. The van der Waals surface area contributed by atoms with Crippen LogP contribution >= 0.6 is 0 Å². The van der Waals surface area contributed by atoms with Crippen LogP contribution in [0.25, 0.3) is 0 Å². The van der Waals surface area contributed by atoms with Crippen LogP contribution in [0, 0.1) is 16.7 Å². The Morgan fingerprint density at radius 3 is 2.76 bits per heavy atom. The maximum absolute atomic E-state index is 12.5. The van der Waals surface area contributed by atoms with E-state index in [1.54, 1.807) is 0 Å². The molecule has 5 atom stereocenters. The molecule has 3 heteroatoms. The van der Waals surface area contributed by atoms with Gasteiger partial charge in [-0.15, -0.1) is 0 Å². The average molecular weight is 290 g/mol. The van der Waals surface area contributed by atoms with E-state index in [0.29, 0.717) is 12.2 Å². The fourth-order valence-electron chi connectivity index (χ4n) is 5.00. The maximum Gasteiger partial charge on any atom is 0.141 e. The van der Waals surface area contributed by atoms with Crippen LogP contribution in [0.3, 0.4) is 0 Å². The number of allylic oxidation sites excluding steroid dienone is 1. The van der Waals surface area contributed by atoms with Gasteiger partial charge in [-0.3, -0.25) is 4.79 Å². The summed E-state index contributed by atoms with van der Waals surface area (Å²) in [6, 6.07) is 0. The molecule has 0 amide bonds. The lowest BCUT2D eigenvalue weighted by Crippen LogP contribution is -2.66.